The van der Waals surface area contributed by atoms with Crippen LogP contribution in [-0.2, 0) is 6.54 Å². The molecule has 6 nitrogen and oxygen atoms in total. The van der Waals surface area contributed by atoms with Crippen molar-refractivity contribution < 1.29 is 9.90 Å². The van der Waals surface area contributed by atoms with Crippen LogP contribution in [0.4, 0.5) is 5.69 Å². The summed E-state index contributed by atoms with van der Waals surface area (Å²) in [5.74, 6) is -0.380. The summed E-state index contributed by atoms with van der Waals surface area (Å²) < 4.78 is 0.621. The Balaban J connectivity index is 2.07. The molecule has 1 aromatic heterocycles. The van der Waals surface area contributed by atoms with Crippen molar-refractivity contribution in [3.05, 3.63) is 57.8 Å². The number of aliphatic hydroxyl groups excluding tert-OH is 1. The van der Waals surface area contributed by atoms with Crippen LogP contribution in [0.25, 0.3) is 0 Å². The minimum atomic E-state index is -0.380. The van der Waals surface area contributed by atoms with Gasteiger partial charge in [-0.05, 0) is 39.7 Å². The average Bonchev–Trinajstić information content (AvgIpc) is 2.56. The molecule has 1 heterocycles. The van der Waals surface area contributed by atoms with Crippen LogP contribution in [0.2, 0.25) is 0 Å². The van der Waals surface area contributed by atoms with Gasteiger partial charge < -0.3 is 15.7 Å². The van der Waals surface area contributed by atoms with Crippen LogP contribution in [0, 0.1) is 11.3 Å². The predicted octanol–water partition coefficient (Wildman–Crippen LogP) is 2.05. The molecule has 0 unspecified atom stereocenters. The number of nitrogens with zero attached hydrogens (tertiary/aromatic N) is 2. The standard InChI is InChI=1S/C16H15BrN4O2/c17-13-2-1-3-14(12(13)8-18)21-16(23)15-5-4-11(10-20-15)9-19-6-7-22/h1-5,10,19,22H,6-7,9H2,(H,21,23). The second kappa shape index (κ2) is 8.39. The molecule has 0 radical (unpaired) electrons. The maximum Gasteiger partial charge on any atom is 0.274 e. The van der Waals surface area contributed by atoms with Crippen LogP contribution in [0.3, 0.4) is 0 Å². The molecule has 0 aliphatic rings. The number of halogens is 1. The SMILES string of the molecule is N#Cc1c(Br)cccc1NC(=O)c1ccc(CNCCO)cn1. The molecule has 2 rings (SSSR count). The molecule has 0 saturated heterocycles. The van der Waals surface area contributed by atoms with Crippen LogP contribution in [-0.4, -0.2) is 29.1 Å². The molecule has 0 saturated carbocycles. The Labute approximate surface area is 142 Å². The number of aliphatic hydroxyl groups is 1. The quantitative estimate of drug-likeness (QED) is 0.672. The summed E-state index contributed by atoms with van der Waals surface area (Å²) in [6, 6.07) is 10.6. The fourth-order valence-corrected chi connectivity index (χ4v) is 2.36. The number of benzene rings is 1. The van der Waals surface area contributed by atoms with Gasteiger partial charge in [-0.2, -0.15) is 5.26 Å². The van der Waals surface area contributed by atoms with E-state index in [9.17, 15) is 4.79 Å². The third-order valence-electron chi connectivity index (χ3n) is 3.05. The van der Waals surface area contributed by atoms with E-state index < -0.39 is 0 Å². The number of aromatic nitrogens is 1. The molecule has 0 atom stereocenters. The van der Waals surface area contributed by atoms with E-state index >= 15 is 0 Å². The third-order valence-corrected chi connectivity index (χ3v) is 3.71. The van der Waals surface area contributed by atoms with Gasteiger partial charge in [0, 0.05) is 23.8 Å². The number of amides is 1. The summed E-state index contributed by atoms with van der Waals surface area (Å²) in [4.78, 5) is 16.3. The highest BCUT2D eigenvalue weighted by Gasteiger charge is 2.12. The first-order chi connectivity index (χ1) is 11.2. The van der Waals surface area contributed by atoms with Gasteiger partial charge >= 0.3 is 0 Å². The Bertz CT molecular complexity index is 726. The van der Waals surface area contributed by atoms with Gasteiger partial charge in [-0.15, -0.1) is 0 Å². The maximum absolute atomic E-state index is 12.2. The predicted molar refractivity (Wildman–Crippen MR) is 89.8 cm³/mol. The van der Waals surface area contributed by atoms with Gasteiger partial charge in [0.2, 0.25) is 0 Å². The van der Waals surface area contributed by atoms with Gasteiger partial charge in [-0.1, -0.05) is 12.1 Å². The topological polar surface area (TPSA) is 98.0 Å². The molecule has 1 amide bonds. The largest absolute Gasteiger partial charge is 0.395 e. The molecule has 23 heavy (non-hydrogen) atoms. The molecule has 2 aromatic rings. The highest BCUT2D eigenvalue weighted by molar-refractivity contribution is 9.10. The van der Waals surface area contributed by atoms with Gasteiger partial charge in [0.05, 0.1) is 17.9 Å². The molecule has 7 heteroatoms. The normalized spacial score (nSPS) is 10.1. The monoisotopic (exact) mass is 374 g/mol. The fraction of sp³-hybridized carbons (Fsp3) is 0.188. The van der Waals surface area contributed by atoms with E-state index in [1.807, 2.05) is 6.07 Å². The number of pyridine rings is 1. The van der Waals surface area contributed by atoms with E-state index in [0.29, 0.717) is 28.8 Å². The lowest BCUT2D eigenvalue weighted by Crippen LogP contribution is -2.18. The Kier molecular flexibility index (Phi) is 6.23. The van der Waals surface area contributed by atoms with E-state index in [2.05, 4.69) is 31.5 Å². The van der Waals surface area contributed by atoms with Crippen LogP contribution in [0.1, 0.15) is 21.6 Å². The molecule has 0 spiro atoms. The minimum Gasteiger partial charge on any atom is -0.395 e. The van der Waals surface area contributed by atoms with Gasteiger partial charge in [0.15, 0.2) is 0 Å². The number of hydrogen-bond acceptors (Lipinski definition) is 5. The second-order valence-corrected chi connectivity index (χ2v) is 5.53. The zero-order valence-corrected chi connectivity index (χ0v) is 13.8. The highest BCUT2D eigenvalue weighted by Crippen LogP contribution is 2.24. The van der Waals surface area contributed by atoms with Crippen molar-refractivity contribution in [2.45, 2.75) is 6.54 Å². The number of nitrogens with one attached hydrogen (secondary N) is 2. The van der Waals surface area contributed by atoms with E-state index in [0.717, 1.165) is 5.56 Å². The minimum absolute atomic E-state index is 0.0712. The van der Waals surface area contributed by atoms with Gasteiger partial charge in [0.1, 0.15) is 11.8 Å². The molecule has 0 bridgehead atoms. The number of carbonyl (C=O) groups excluding carboxylic acids is 1. The number of nitriles is 1. The van der Waals surface area contributed by atoms with Gasteiger partial charge in [0.25, 0.3) is 5.91 Å². The summed E-state index contributed by atoms with van der Waals surface area (Å²) in [6.07, 6.45) is 1.60. The van der Waals surface area contributed by atoms with Crippen molar-refractivity contribution in [3.8, 4) is 6.07 Å². The number of carbonyl (C=O) groups is 1. The first-order valence-corrected chi connectivity index (χ1v) is 7.71. The van der Waals surface area contributed by atoms with E-state index in [1.165, 1.54) is 0 Å². The molecular weight excluding hydrogens is 360 g/mol. The third kappa shape index (κ3) is 4.60. The summed E-state index contributed by atoms with van der Waals surface area (Å²) >= 11 is 3.28. The molecule has 1 aromatic carbocycles. The van der Waals surface area contributed by atoms with Crippen LogP contribution < -0.4 is 10.6 Å². The Morgan fingerprint density at radius 1 is 1.35 bits per heavy atom. The molecule has 118 valence electrons. The molecule has 0 aliphatic heterocycles. The Hall–Kier alpha value is -2.27. The van der Waals surface area contributed by atoms with Gasteiger partial charge in [-0.25, -0.2) is 0 Å². The second-order valence-electron chi connectivity index (χ2n) is 4.68. The lowest BCUT2D eigenvalue weighted by atomic mass is 10.2. The Morgan fingerprint density at radius 3 is 2.83 bits per heavy atom. The summed E-state index contributed by atoms with van der Waals surface area (Å²) in [7, 11) is 0. The van der Waals surface area contributed by atoms with Crippen LogP contribution >= 0.6 is 15.9 Å². The van der Waals surface area contributed by atoms with Crippen molar-refractivity contribution in [2.24, 2.45) is 0 Å². The van der Waals surface area contributed by atoms with E-state index in [1.54, 1.807) is 36.5 Å². The van der Waals surface area contributed by atoms with Crippen LogP contribution in [0.5, 0.6) is 0 Å². The lowest BCUT2D eigenvalue weighted by Gasteiger charge is -2.08. The zero-order valence-electron chi connectivity index (χ0n) is 12.2. The first-order valence-electron chi connectivity index (χ1n) is 6.92. The van der Waals surface area contributed by atoms with Gasteiger partial charge in [-0.3, -0.25) is 9.78 Å². The van der Waals surface area contributed by atoms with Crippen molar-refractivity contribution in [2.75, 3.05) is 18.5 Å². The van der Waals surface area contributed by atoms with Crippen molar-refractivity contribution in [1.29, 1.82) is 5.26 Å². The number of anilines is 1. The molecule has 0 aliphatic carbocycles. The zero-order chi connectivity index (χ0) is 16.7. The summed E-state index contributed by atoms with van der Waals surface area (Å²) in [6.45, 7) is 1.14. The highest BCUT2D eigenvalue weighted by atomic mass is 79.9. The molecule has 0 fully saturated rings. The average molecular weight is 375 g/mol. The summed E-state index contributed by atoms with van der Waals surface area (Å²) in [5, 5.41) is 23.6. The van der Waals surface area contributed by atoms with Crippen molar-refractivity contribution in [3.63, 3.8) is 0 Å². The Morgan fingerprint density at radius 2 is 2.17 bits per heavy atom. The van der Waals surface area contributed by atoms with Crippen molar-refractivity contribution in [1.82, 2.24) is 10.3 Å². The van der Waals surface area contributed by atoms with Crippen LogP contribution in [0.15, 0.2) is 41.0 Å². The fourth-order valence-electron chi connectivity index (χ4n) is 1.90. The molecular formula is C16H15BrN4O2. The van der Waals surface area contributed by atoms with E-state index in [4.69, 9.17) is 10.4 Å². The first kappa shape index (κ1) is 17.1. The summed E-state index contributed by atoms with van der Waals surface area (Å²) in [5.41, 5.74) is 1.97. The number of hydrogen-bond donors (Lipinski definition) is 3. The molecule has 3 N–H and O–H groups in total. The smallest absolute Gasteiger partial charge is 0.274 e. The number of rotatable bonds is 6. The lowest BCUT2D eigenvalue weighted by molar-refractivity contribution is 0.102. The maximum atomic E-state index is 12.2. The van der Waals surface area contributed by atoms with E-state index in [-0.39, 0.29) is 18.2 Å². The van der Waals surface area contributed by atoms with Crippen molar-refractivity contribution >= 4 is 27.5 Å².